The average molecular weight is 285 g/mol. The van der Waals surface area contributed by atoms with Gasteiger partial charge in [0.25, 0.3) is 0 Å². The van der Waals surface area contributed by atoms with Crippen LogP contribution in [-0.4, -0.2) is 26.3 Å². The van der Waals surface area contributed by atoms with Crippen molar-refractivity contribution in [3.05, 3.63) is 29.3 Å². The van der Waals surface area contributed by atoms with E-state index in [0.29, 0.717) is 11.8 Å². The van der Waals surface area contributed by atoms with Crippen molar-refractivity contribution in [2.45, 2.75) is 33.4 Å². The minimum absolute atomic E-state index is 0.0395. The smallest absolute Gasteiger partial charge is 0.387 e. The number of hydrogen-bond donors (Lipinski definition) is 1. The monoisotopic (exact) mass is 285 g/mol. The van der Waals surface area contributed by atoms with Crippen LogP contribution >= 0.6 is 0 Å². The lowest BCUT2D eigenvalue weighted by atomic mass is 10.1. The molecular formula is C15H21F2NO2. The first kappa shape index (κ1) is 16.4. The Morgan fingerprint density at radius 3 is 2.55 bits per heavy atom. The number of ether oxygens (including phenoxy) is 2. The minimum Gasteiger partial charge on any atom is -0.493 e. The SMILES string of the molecule is COc1cc(C=C(C)CNC(C)C)ccc1OC(F)F. The van der Waals surface area contributed by atoms with Crippen molar-refractivity contribution in [1.29, 1.82) is 0 Å². The molecule has 112 valence electrons. The average Bonchev–Trinajstić information content (AvgIpc) is 2.37. The van der Waals surface area contributed by atoms with E-state index >= 15 is 0 Å². The Kier molecular flexibility index (Phi) is 6.45. The summed E-state index contributed by atoms with van der Waals surface area (Å²) in [5.74, 6) is 0.335. The van der Waals surface area contributed by atoms with Gasteiger partial charge in [-0.1, -0.05) is 31.6 Å². The van der Waals surface area contributed by atoms with Gasteiger partial charge in [0.1, 0.15) is 0 Å². The van der Waals surface area contributed by atoms with Gasteiger partial charge in [-0.15, -0.1) is 0 Å². The minimum atomic E-state index is -2.86. The number of nitrogens with one attached hydrogen (secondary N) is 1. The van der Waals surface area contributed by atoms with Crippen LogP contribution in [0, 0.1) is 0 Å². The van der Waals surface area contributed by atoms with Crippen molar-refractivity contribution in [2.24, 2.45) is 0 Å². The molecule has 0 aromatic heterocycles. The standard InChI is InChI=1S/C15H21F2NO2/c1-10(2)18-9-11(3)7-12-5-6-13(20-15(16)17)14(8-12)19-4/h5-8,10,15,18H,9H2,1-4H3. The molecule has 1 rings (SSSR count). The molecule has 0 amide bonds. The third-order valence-corrected chi connectivity index (χ3v) is 2.61. The molecule has 0 atom stereocenters. The number of alkyl halides is 2. The second-order valence-corrected chi connectivity index (χ2v) is 4.82. The first-order chi connectivity index (χ1) is 9.42. The Morgan fingerprint density at radius 2 is 2.00 bits per heavy atom. The summed E-state index contributed by atoms with van der Waals surface area (Å²) in [6.45, 7) is 4.07. The quantitative estimate of drug-likeness (QED) is 0.828. The summed E-state index contributed by atoms with van der Waals surface area (Å²) in [4.78, 5) is 0. The summed E-state index contributed by atoms with van der Waals surface area (Å²) >= 11 is 0. The van der Waals surface area contributed by atoms with Crippen LogP contribution in [0.4, 0.5) is 8.78 Å². The first-order valence-electron chi connectivity index (χ1n) is 6.45. The molecule has 0 bridgehead atoms. The number of benzene rings is 1. The molecule has 0 unspecified atom stereocenters. The molecule has 20 heavy (non-hydrogen) atoms. The largest absolute Gasteiger partial charge is 0.493 e. The highest BCUT2D eigenvalue weighted by molar-refractivity contribution is 5.58. The van der Waals surface area contributed by atoms with Gasteiger partial charge < -0.3 is 14.8 Å². The molecule has 0 saturated carbocycles. The van der Waals surface area contributed by atoms with Gasteiger partial charge in [0.05, 0.1) is 7.11 Å². The highest BCUT2D eigenvalue weighted by Crippen LogP contribution is 2.30. The molecular weight excluding hydrogens is 264 g/mol. The lowest BCUT2D eigenvalue weighted by Crippen LogP contribution is -2.24. The molecule has 0 spiro atoms. The van der Waals surface area contributed by atoms with Crippen molar-refractivity contribution < 1.29 is 18.3 Å². The summed E-state index contributed by atoms with van der Waals surface area (Å²) in [6, 6.07) is 5.30. The van der Waals surface area contributed by atoms with Crippen LogP contribution in [-0.2, 0) is 0 Å². The van der Waals surface area contributed by atoms with E-state index < -0.39 is 6.61 Å². The predicted octanol–water partition coefficient (Wildman–Crippen LogP) is 3.70. The zero-order valence-corrected chi connectivity index (χ0v) is 12.2. The maximum Gasteiger partial charge on any atom is 0.387 e. The van der Waals surface area contributed by atoms with Crippen molar-refractivity contribution in [3.63, 3.8) is 0 Å². The molecule has 0 saturated heterocycles. The van der Waals surface area contributed by atoms with Crippen molar-refractivity contribution >= 4 is 6.08 Å². The molecule has 0 aliphatic heterocycles. The van der Waals surface area contributed by atoms with Crippen LogP contribution in [0.15, 0.2) is 23.8 Å². The van der Waals surface area contributed by atoms with Crippen molar-refractivity contribution in [3.8, 4) is 11.5 Å². The van der Waals surface area contributed by atoms with Gasteiger partial charge in [-0.25, -0.2) is 0 Å². The summed E-state index contributed by atoms with van der Waals surface area (Å²) in [6.07, 6.45) is 1.98. The topological polar surface area (TPSA) is 30.5 Å². The molecule has 0 aliphatic carbocycles. The highest BCUT2D eigenvalue weighted by atomic mass is 19.3. The molecule has 0 aliphatic rings. The lowest BCUT2D eigenvalue weighted by molar-refractivity contribution is -0.0512. The normalized spacial score (nSPS) is 12.1. The van der Waals surface area contributed by atoms with E-state index in [1.807, 2.05) is 13.0 Å². The Morgan fingerprint density at radius 1 is 1.30 bits per heavy atom. The van der Waals surface area contributed by atoms with E-state index in [-0.39, 0.29) is 5.75 Å². The third-order valence-electron chi connectivity index (χ3n) is 2.61. The Labute approximate surface area is 118 Å². The Bertz CT molecular complexity index is 459. The second kappa shape index (κ2) is 7.85. The van der Waals surface area contributed by atoms with Gasteiger partial charge in [0.2, 0.25) is 0 Å². The van der Waals surface area contributed by atoms with Crippen LogP contribution in [0.1, 0.15) is 26.3 Å². The van der Waals surface area contributed by atoms with Gasteiger partial charge >= 0.3 is 6.61 Å². The molecule has 1 N–H and O–H groups in total. The molecule has 0 fully saturated rings. The van der Waals surface area contributed by atoms with Crippen molar-refractivity contribution in [1.82, 2.24) is 5.32 Å². The maximum atomic E-state index is 12.2. The van der Waals surface area contributed by atoms with Crippen molar-refractivity contribution in [2.75, 3.05) is 13.7 Å². The highest BCUT2D eigenvalue weighted by Gasteiger charge is 2.10. The molecule has 0 heterocycles. The predicted molar refractivity (Wildman–Crippen MR) is 76.4 cm³/mol. The van der Waals surface area contributed by atoms with Crippen LogP contribution < -0.4 is 14.8 Å². The number of hydrogen-bond acceptors (Lipinski definition) is 3. The third kappa shape index (κ3) is 5.57. The molecule has 1 aromatic rings. The fourth-order valence-electron chi connectivity index (χ4n) is 1.67. The van der Waals surface area contributed by atoms with E-state index in [1.165, 1.54) is 13.2 Å². The van der Waals surface area contributed by atoms with Gasteiger partial charge in [0.15, 0.2) is 11.5 Å². The number of halogens is 2. The van der Waals surface area contributed by atoms with E-state index in [4.69, 9.17) is 4.74 Å². The Balaban J connectivity index is 2.84. The fraction of sp³-hybridized carbons (Fsp3) is 0.467. The van der Waals surface area contributed by atoms with E-state index in [9.17, 15) is 8.78 Å². The second-order valence-electron chi connectivity index (χ2n) is 4.82. The maximum absolute atomic E-state index is 12.2. The van der Waals surface area contributed by atoms with Gasteiger partial charge in [-0.2, -0.15) is 8.78 Å². The number of rotatable bonds is 7. The summed E-state index contributed by atoms with van der Waals surface area (Å²) in [5, 5.41) is 3.31. The molecule has 3 nitrogen and oxygen atoms in total. The van der Waals surface area contributed by atoms with E-state index in [0.717, 1.165) is 17.7 Å². The zero-order chi connectivity index (χ0) is 15.1. The lowest BCUT2D eigenvalue weighted by Gasteiger charge is -2.11. The van der Waals surface area contributed by atoms with Gasteiger partial charge in [0, 0.05) is 12.6 Å². The van der Waals surface area contributed by atoms with E-state index in [1.54, 1.807) is 12.1 Å². The van der Waals surface area contributed by atoms with Crippen LogP contribution in [0.2, 0.25) is 0 Å². The molecule has 1 aromatic carbocycles. The van der Waals surface area contributed by atoms with Crippen LogP contribution in [0.3, 0.4) is 0 Å². The Hall–Kier alpha value is -1.62. The molecule has 5 heteroatoms. The van der Waals surface area contributed by atoms with Gasteiger partial charge in [-0.3, -0.25) is 0 Å². The van der Waals surface area contributed by atoms with Gasteiger partial charge in [-0.05, 0) is 24.6 Å². The fourth-order valence-corrected chi connectivity index (χ4v) is 1.67. The first-order valence-corrected chi connectivity index (χ1v) is 6.45. The summed E-state index contributed by atoms with van der Waals surface area (Å²) in [7, 11) is 1.42. The van der Waals surface area contributed by atoms with Crippen LogP contribution in [0.5, 0.6) is 11.5 Å². The summed E-state index contributed by atoms with van der Waals surface area (Å²) < 4.78 is 33.9. The van der Waals surface area contributed by atoms with Crippen LogP contribution in [0.25, 0.3) is 6.08 Å². The number of methoxy groups -OCH3 is 1. The van der Waals surface area contributed by atoms with E-state index in [2.05, 4.69) is 23.9 Å². The zero-order valence-electron chi connectivity index (χ0n) is 12.2. The summed E-state index contributed by atoms with van der Waals surface area (Å²) in [5.41, 5.74) is 2.02. The molecule has 0 radical (unpaired) electrons.